The van der Waals surface area contributed by atoms with Crippen molar-refractivity contribution in [3.8, 4) is 0 Å². The average molecular weight is 280 g/mol. The van der Waals surface area contributed by atoms with Crippen molar-refractivity contribution in [1.29, 1.82) is 0 Å². The second-order valence-electron chi connectivity index (χ2n) is 6.93. The Kier molecular flexibility index (Phi) is 5.58. The summed E-state index contributed by atoms with van der Waals surface area (Å²) in [4.78, 5) is 12.0. The van der Waals surface area contributed by atoms with Crippen LogP contribution in [-0.4, -0.2) is 23.3 Å². The molecule has 0 saturated heterocycles. The maximum absolute atomic E-state index is 12.0. The maximum Gasteiger partial charge on any atom is 0.306 e. The molecule has 2 atom stereocenters. The molecule has 3 heteroatoms. The molecule has 0 saturated carbocycles. The van der Waals surface area contributed by atoms with Crippen molar-refractivity contribution in [3.63, 3.8) is 0 Å². The molecule has 0 amide bonds. The van der Waals surface area contributed by atoms with Crippen LogP contribution in [0.25, 0.3) is 0 Å². The van der Waals surface area contributed by atoms with Gasteiger partial charge in [0.15, 0.2) is 0 Å². The van der Waals surface area contributed by atoms with Gasteiger partial charge in [0.1, 0.15) is 5.60 Å². The molecule has 0 N–H and O–H groups in total. The van der Waals surface area contributed by atoms with Crippen LogP contribution in [0, 0.1) is 5.92 Å². The zero-order valence-electron chi connectivity index (χ0n) is 13.6. The van der Waals surface area contributed by atoms with Gasteiger partial charge in [-0.3, -0.25) is 4.79 Å². The Labute approximate surface area is 123 Å². The van der Waals surface area contributed by atoms with Gasteiger partial charge in [-0.2, -0.15) is 0 Å². The summed E-state index contributed by atoms with van der Waals surface area (Å²) < 4.78 is 11.4. The van der Waals surface area contributed by atoms with Crippen LogP contribution < -0.4 is 0 Å². The Morgan fingerprint density at radius 2 is 2.10 bits per heavy atom. The SMILES string of the molecule is C/C=C/C1C[C@H](CC(=O)OC(C)(C)C)C=CC(C)(C)O1. The molecule has 0 fully saturated rings. The first-order valence-corrected chi connectivity index (χ1v) is 7.33. The summed E-state index contributed by atoms with van der Waals surface area (Å²) in [5.41, 5.74) is -0.725. The highest BCUT2D eigenvalue weighted by molar-refractivity contribution is 5.70. The van der Waals surface area contributed by atoms with E-state index in [4.69, 9.17) is 9.47 Å². The first kappa shape index (κ1) is 17.0. The average Bonchev–Trinajstić information content (AvgIpc) is 2.35. The second-order valence-corrected chi connectivity index (χ2v) is 6.93. The van der Waals surface area contributed by atoms with Crippen molar-refractivity contribution >= 4 is 5.97 Å². The molecular formula is C17H28O3. The van der Waals surface area contributed by atoms with E-state index in [1.54, 1.807) is 0 Å². The standard InChI is InChI=1S/C17H28O3/c1-7-8-14-11-13(9-10-17(5,6)19-14)12-15(18)20-16(2,3)4/h7-10,13-14H,11-12H2,1-6H3/b8-7+/t13-,14?/m1/s1. The van der Waals surface area contributed by atoms with Gasteiger partial charge in [0.05, 0.1) is 18.1 Å². The molecule has 0 aromatic carbocycles. The molecule has 1 heterocycles. The summed E-state index contributed by atoms with van der Waals surface area (Å²) in [6, 6.07) is 0. The number of allylic oxidation sites excluding steroid dienone is 2. The van der Waals surface area contributed by atoms with Gasteiger partial charge in [-0.1, -0.05) is 24.3 Å². The van der Waals surface area contributed by atoms with E-state index in [0.717, 1.165) is 6.42 Å². The van der Waals surface area contributed by atoms with Crippen LogP contribution in [0.15, 0.2) is 24.3 Å². The fourth-order valence-corrected chi connectivity index (χ4v) is 2.30. The highest BCUT2D eigenvalue weighted by Gasteiger charge is 2.27. The number of rotatable bonds is 3. The van der Waals surface area contributed by atoms with E-state index in [2.05, 4.69) is 12.2 Å². The number of esters is 1. The number of hydrogen-bond donors (Lipinski definition) is 0. The Morgan fingerprint density at radius 1 is 1.45 bits per heavy atom. The van der Waals surface area contributed by atoms with E-state index in [1.165, 1.54) is 0 Å². The molecule has 0 aromatic heterocycles. The van der Waals surface area contributed by atoms with Gasteiger partial charge in [-0.05, 0) is 53.9 Å². The minimum Gasteiger partial charge on any atom is -0.460 e. The molecule has 1 aliphatic heterocycles. The molecule has 0 spiro atoms. The Hall–Kier alpha value is -1.09. The van der Waals surface area contributed by atoms with Crippen molar-refractivity contribution in [1.82, 2.24) is 0 Å². The summed E-state index contributed by atoms with van der Waals surface area (Å²) in [6.07, 6.45) is 9.44. The van der Waals surface area contributed by atoms with Gasteiger partial charge in [-0.25, -0.2) is 0 Å². The lowest BCUT2D eigenvalue weighted by molar-refractivity contribution is -0.155. The van der Waals surface area contributed by atoms with Gasteiger partial charge < -0.3 is 9.47 Å². The van der Waals surface area contributed by atoms with Gasteiger partial charge in [0, 0.05) is 0 Å². The Bertz CT molecular complexity index is 386. The fraction of sp³-hybridized carbons (Fsp3) is 0.706. The van der Waals surface area contributed by atoms with Crippen LogP contribution in [0.3, 0.4) is 0 Å². The number of hydrogen-bond acceptors (Lipinski definition) is 3. The topological polar surface area (TPSA) is 35.5 Å². The van der Waals surface area contributed by atoms with Crippen LogP contribution in [-0.2, 0) is 14.3 Å². The molecule has 20 heavy (non-hydrogen) atoms. The summed E-state index contributed by atoms with van der Waals surface area (Å²) in [6.45, 7) is 11.7. The number of ether oxygens (including phenoxy) is 2. The molecule has 1 unspecified atom stereocenters. The van der Waals surface area contributed by atoms with E-state index in [9.17, 15) is 4.79 Å². The molecule has 0 radical (unpaired) electrons. The number of carbonyl (C=O) groups excluding carboxylic acids is 1. The largest absolute Gasteiger partial charge is 0.460 e. The van der Waals surface area contributed by atoms with Gasteiger partial charge in [0.25, 0.3) is 0 Å². The minimum atomic E-state index is -0.427. The summed E-state index contributed by atoms with van der Waals surface area (Å²) >= 11 is 0. The van der Waals surface area contributed by atoms with Crippen LogP contribution in [0.2, 0.25) is 0 Å². The molecule has 1 aliphatic rings. The lowest BCUT2D eigenvalue weighted by Gasteiger charge is -2.25. The van der Waals surface area contributed by atoms with Crippen LogP contribution in [0.4, 0.5) is 0 Å². The van der Waals surface area contributed by atoms with Crippen molar-refractivity contribution in [3.05, 3.63) is 24.3 Å². The molecule has 0 aromatic rings. The zero-order chi connectivity index (χ0) is 15.4. The molecule has 0 aliphatic carbocycles. The maximum atomic E-state index is 12.0. The third kappa shape index (κ3) is 6.38. The molecular weight excluding hydrogens is 252 g/mol. The van der Waals surface area contributed by atoms with Gasteiger partial charge >= 0.3 is 5.97 Å². The lowest BCUT2D eigenvalue weighted by Crippen LogP contribution is -2.27. The van der Waals surface area contributed by atoms with Gasteiger partial charge in [-0.15, -0.1) is 0 Å². The molecule has 0 bridgehead atoms. The van der Waals surface area contributed by atoms with E-state index >= 15 is 0 Å². The first-order valence-electron chi connectivity index (χ1n) is 7.33. The van der Waals surface area contributed by atoms with Gasteiger partial charge in [0.2, 0.25) is 0 Å². The van der Waals surface area contributed by atoms with Crippen molar-refractivity contribution in [2.24, 2.45) is 5.92 Å². The lowest BCUT2D eigenvalue weighted by atomic mass is 9.97. The molecule has 3 nitrogen and oxygen atoms in total. The molecule has 1 rings (SSSR count). The smallest absolute Gasteiger partial charge is 0.306 e. The Balaban J connectivity index is 2.71. The van der Waals surface area contributed by atoms with Crippen LogP contribution >= 0.6 is 0 Å². The predicted octanol–water partition coefficient (Wildman–Crippen LogP) is 4.03. The first-order chi connectivity index (χ1) is 9.11. The van der Waals surface area contributed by atoms with E-state index < -0.39 is 5.60 Å². The predicted molar refractivity (Wildman–Crippen MR) is 81.5 cm³/mol. The second kappa shape index (κ2) is 6.57. The summed E-state index contributed by atoms with van der Waals surface area (Å²) in [5, 5.41) is 0. The minimum absolute atomic E-state index is 0.0393. The Morgan fingerprint density at radius 3 is 2.65 bits per heavy atom. The van der Waals surface area contributed by atoms with E-state index in [0.29, 0.717) is 6.42 Å². The van der Waals surface area contributed by atoms with Crippen molar-refractivity contribution in [2.75, 3.05) is 0 Å². The normalized spacial score (nSPS) is 26.5. The highest BCUT2D eigenvalue weighted by Crippen LogP contribution is 2.28. The van der Waals surface area contributed by atoms with Crippen molar-refractivity contribution < 1.29 is 14.3 Å². The zero-order valence-corrected chi connectivity index (χ0v) is 13.6. The monoisotopic (exact) mass is 280 g/mol. The quantitative estimate of drug-likeness (QED) is 0.578. The highest BCUT2D eigenvalue weighted by atomic mass is 16.6. The fourth-order valence-electron chi connectivity index (χ4n) is 2.30. The summed E-state index contributed by atoms with van der Waals surface area (Å²) in [7, 11) is 0. The molecule has 114 valence electrons. The third-order valence-electron chi connectivity index (χ3n) is 3.02. The van der Waals surface area contributed by atoms with E-state index in [1.807, 2.05) is 53.7 Å². The summed E-state index contributed by atoms with van der Waals surface area (Å²) in [5.74, 6) is 0.0129. The van der Waals surface area contributed by atoms with Crippen LogP contribution in [0.1, 0.15) is 54.4 Å². The van der Waals surface area contributed by atoms with Crippen LogP contribution in [0.5, 0.6) is 0 Å². The third-order valence-corrected chi connectivity index (χ3v) is 3.02. The van der Waals surface area contributed by atoms with Crippen molar-refractivity contribution in [2.45, 2.75) is 71.7 Å². The number of carbonyl (C=O) groups is 1. The van der Waals surface area contributed by atoms with E-state index in [-0.39, 0.29) is 23.6 Å².